The van der Waals surface area contributed by atoms with E-state index in [1.165, 1.54) is 0 Å². The largest absolute Gasteiger partial charge is 0.346 e. The molecular weight excluding hydrogens is 212 g/mol. The summed E-state index contributed by atoms with van der Waals surface area (Å²) in [5, 5.41) is 5.05. The molecule has 4 nitrogen and oxygen atoms in total. The van der Waals surface area contributed by atoms with Crippen molar-refractivity contribution in [3.05, 3.63) is 30.3 Å². The molecule has 0 bridgehead atoms. The number of thiol groups is 1. The fraction of sp³-hybridized carbons (Fsp3) is 0.200. The summed E-state index contributed by atoms with van der Waals surface area (Å²) in [4.78, 5) is 21.8. The van der Waals surface area contributed by atoms with Crippen LogP contribution in [0.2, 0.25) is 0 Å². The third kappa shape index (κ3) is 3.63. The van der Waals surface area contributed by atoms with Gasteiger partial charge in [0.05, 0.1) is 0 Å². The van der Waals surface area contributed by atoms with Crippen LogP contribution in [0.4, 0.5) is 5.69 Å². The number of nitrogens with one attached hydrogen (secondary N) is 2. The van der Waals surface area contributed by atoms with E-state index in [0.717, 1.165) is 0 Å². The van der Waals surface area contributed by atoms with Gasteiger partial charge in [-0.05, 0) is 12.1 Å². The maximum Gasteiger partial charge on any atom is 0.247 e. The van der Waals surface area contributed by atoms with Crippen molar-refractivity contribution >= 4 is 30.6 Å². The van der Waals surface area contributed by atoms with Crippen molar-refractivity contribution in [2.24, 2.45) is 0 Å². The molecule has 0 aromatic heterocycles. The van der Waals surface area contributed by atoms with Crippen molar-refractivity contribution in [3.63, 3.8) is 0 Å². The van der Waals surface area contributed by atoms with Crippen LogP contribution in [0.5, 0.6) is 0 Å². The number of amides is 2. The fourth-order valence-corrected chi connectivity index (χ4v) is 1.32. The zero-order chi connectivity index (χ0) is 11.1. The van der Waals surface area contributed by atoms with Gasteiger partial charge < -0.3 is 10.6 Å². The maximum atomic E-state index is 11.6. The van der Waals surface area contributed by atoms with Crippen molar-refractivity contribution in [2.75, 3.05) is 11.1 Å². The zero-order valence-corrected chi connectivity index (χ0v) is 8.91. The van der Waals surface area contributed by atoms with Gasteiger partial charge in [0, 0.05) is 11.4 Å². The highest BCUT2D eigenvalue weighted by Gasteiger charge is 2.15. The van der Waals surface area contributed by atoms with Gasteiger partial charge in [-0.3, -0.25) is 9.59 Å². The fourth-order valence-electron chi connectivity index (χ4n) is 1.04. The van der Waals surface area contributed by atoms with E-state index in [9.17, 15) is 9.59 Å². The number of hydrogen-bond acceptors (Lipinski definition) is 3. The Morgan fingerprint density at radius 3 is 2.60 bits per heavy atom. The molecular formula is C10H12N2O2S. The molecule has 2 N–H and O–H groups in total. The molecule has 1 rings (SSSR count). The minimum absolute atomic E-state index is 0.261. The first kappa shape index (κ1) is 11.6. The Morgan fingerprint density at radius 2 is 2.07 bits per heavy atom. The monoisotopic (exact) mass is 224 g/mol. The second-order valence-corrected chi connectivity index (χ2v) is 3.24. The van der Waals surface area contributed by atoms with Gasteiger partial charge in [-0.15, -0.1) is 0 Å². The summed E-state index contributed by atoms with van der Waals surface area (Å²) in [6, 6.07) is 8.43. The molecule has 0 spiro atoms. The van der Waals surface area contributed by atoms with E-state index in [4.69, 9.17) is 0 Å². The van der Waals surface area contributed by atoms with Gasteiger partial charge >= 0.3 is 0 Å². The average molecular weight is 224 g/mol. The summed E-state index contributed by atoms with van der Waals surface area (Å²) in [5.41, 5.74) is 0.696. The van der Waals surface area contributed by atoms with Gasteiger partial charge in [-0.1, -0.05) is 18.2 Å². The Balaban J connectivity index is 2.58. The van der Waals surface area contributed by atoms with Crippen LogP contribution in [-0.2, 0) is 9.59 Å². The van der Waals surface area contributed by atoms with Crippen LogP contribution in [0, 0.1) is 0 Å². The van der Waals surface area contributed by atoms with Crippen molar-refractivity contribution in [3.8, 4) is 0 Å². The van der Waals surface area contributed by atoms with Gasteiger partial charge in [0.25, 0.3) is 0 Å². The highest BCUT2D eigenvalue weighted by atomic mass is 32.1. The van der Waals surface area contributed by atoms with Crippen LogP contribution < -0.4 is 10.6 Å². The van der Waals surface area contributed by atoms with Gasteiger partial charge in [0.2, 0.25) is 12.3 Å². The summed E-state index contributed by atoms with van der Waals surface area (Å²) in [6.45, 7) is 0. The van der Waals surface area contributed by atoms with Crippen molar-refractivity contribution in [1.82, 2.24) is 5.32 Å². The highest BCUT2D eigenvalue weighted by molar-refractivity contribution is 7.80. The van der Waals surface area contributed by atoms with Crippen LogP contribution in [0.1, 0.15) is 0 Å². The highest BCUT2D eigenvalue weighted by Crippen LogP contribution is 2.05. The quantitative estimate of drug-likeness (QED) is 0.508. The van der Waals surface area contributed by atoms with E-state index < -0.39 is 6.04 Å². The summed E-state index contributed by atoms with van der Waals surface area (Å²) >= 11 is 3.97. The number of benzene rings is 1. The van der Waals surface area contributed by atoms with Crippen LogP contribution >= 0.6 is 12.6 Å². The lowest BCUT2D eigenvalue weighted by Crippen LogP contribution is -2.41. The molecule has 0 radical (unpaired) electrons. The van der Waals surface area contributed by atoms with E-state index in [2.05, 4.69) is 23.3 Å². The third-order valence-electron chi connectivity index (χ3n) is 1.81. The lowest BCUT2D eigenvalue weighted by Gasteiger charge is -2.13. The molecule has 0 aliphatic carbocycles. The minimum Gasteiger partial charge on any atom is -0.346 e. The van der Waals surface area contributed by atoms with Crippen LogP contribution in [-0.4, -0.2) is 24.1 Å². The second-order valence-electron chi connectivity index (χ2n) is 2.87. The van der Waals surface area contributed by atoms with Crippen LogP contribution in [0.3, 0.4) is 0 Å². The predicted octanol–water partition coefficient (Wildman–Crippen LogP) is 0.669. The first-order valence-electron chi connectivity index (χ1n) is 4.44. The summed E-state index contributed by atoms with van der Waals surface area (Å²) in [5.74, 6) is -0.0134. The molecule has 5 heteroatoms. The molecule has 0 aliphatic heterocycles. The Morgan fingerprint density at radius 1 is 1.40 bits per heavy atom. The molecule has 0 aliphatic rings. The summed E-state index contributed by atoms with van der Waals surface area (Å²) in [7, 11) is 0. The molecule has 1 aromatic rings. The van der Waals surface area contributed by atoms with Crippen LogP contribution in [0.15, 0.2) is 30.3 Å². The standard InChI is InChI=1S/C10H12N2O2S/c13-7-11-9(6-15)10(14)12-8-4-2-1-3-5-8/h1-5,7,9,15H,6H2,(H,11,13)(H,12,14)/t9-/m0/s1. The Kier molecular flexibility index (Phi) is 4.70. The van der Waals surface area contributed by atoms with Gasteiger partial charge in [-0.2, -0.15) is 12.6 Å². The molecule has 0 unspecified atom stereocenters. The van der Waals surface area contributed by atoms with E-state index in [1.54, 1.807) is 12.1 Å². The molecule has 2 amide bonds. The zero-order valence-electron chi connectivity index (χ0n) is 8.01. The number of carbonyl (C=O) groups is 2. The smallest absolute Gasteiger partial charge is 0.247 e. The molecule has 15 heavy (non-hydrogen) atoms. The molecule has 0 heterocycles. The van der Waals surface area contributed by atoms with Crippen molar-refractivity contribution < 1.29 is 9.59 Å². The average Bonchev–Trinajstić information content (AvgIpc) is 2.27. The normalized spacial score (nSPS) is 11.5. The number of anilines is 1. The number of para-hydroxylation sites is 1. The summed E-state index contributed by atoms with van der Waals surface area (Å²) < 4.78 is 0. The first-order valence-corrected chi connectivity index (χ1v) is 5.07. The van der Waals surface area contributed by atoms with E-state index in [1.807, 2.05) is 18.2 Å². The lowest BCUT2D eigenvalue weighted by molar-refractivity contribution is -0.120. The minimum atomic E-state index is -0.606. The molecule has 1 aromatic carbocycles. The van der Waals surface area contributed by atoms with Crippen molar-refractivity contribution in [1.29, 1.82) is 0 Å². The van der Waals surface area contributed by atoms with E-state index >= 15 is 0 Å². The second kappa shape index (κ2) is 6.08. The number of hydrogen-bond donors (Lipinski definition) is 3. The number of rotatable bonds is 5. The van der Waals surface area contributed by atoms with Gasteiger partial charge in [0.1, 0.15) is 6.04 Å². The van der Waals surface area contributed by atoms with Crippen LogP contribution in [0.25, 0.3) is 0 Å². The molecule has 0 saturated carbocycles. The SMILES string of the molecule is O=CN[C@@H](CS)C(=O)Nc1ccccc1. The number of carbonyl (C=O) groups excluding carboxylic acids is 2. The Hall–Kier alpha value is -1.49. The molecule has 0 saturated heterocycles. The first-order chi connectivity index (χ1) is 7.27. The topological polar surface area (TPSA) is 58.2 Å². The van der Waals surface area contributed by atoms with E-state index in [0.29, 0.717) is 12.1 Å². The van der Waals surface area contributed by atoms with E-state index in [-0.39, 0.29) is 11.7 Å². The summed E-state index contributed by atoms with van der Waals surface area (Å²) in [6.07, 6.45) is 0.492. The molecule has 1 atom stereocenters. The maximum absolute atomic E-state index is 11.6. The van der Waals surface area contributed by atoms with Crippen molar-refractivity contribution in [2.45, 2.75) is 6.04 Å². The van der Waals surface area contributed by atoms with Gasteiger partial charge in [-0.25, -0.2) is 0 Å². The Bertz CT molecular complexity index is 329. The Labute approximate surface area is 93.5 Å². The predicted molar refractivity (Wildman–Crippen MR) is 61.9 cm³/mol. The third-order valence-corrected chi connectivity index (χ3v) is 2.17. The molecule has 80 valence electrons. The lowest BCUT2D eigenvalue weighted by atomic mass is 10.3. The van der Waals surface area contributed by atoms with Gasteiger partial charge in [0.15, 0.2) is 0 Å². The molecule has 0 fully saturated rings.